The lowest BCUT2D eigenvalue weighted by Crippen LogP contribution is -2.32. The van der Waals surface area contributed by atoms with Crippen molar-refractivity contribution in [1.82, 2.24) is 0 Å². The molecular formula is C11H15N3O2. The van der Waals surface area contributed by atoms with Crippen LogP contribution >= 0.6 is 0 Å². The summed E-state index contributed by atoms with van der Waals surface area (Å²) in [5.74, 6) is 0.207. The molecule has 0 aromatic heterocycles. The molecule has 1 aromatic carbocycles. The normalized spacial score (nSPS) is 15.3. The Morgan fingerprint density at radius 3 is 3.00 bits per heavy atom. The molecular weight excluding hydrogens is 206 g/mol. The number of rotatable bonds is 3. The van der Waals surface area contributed by atoms with Gasteiger partial charge in [0.2, 0.25) is 0 Å². The van der Waals surface area contributed by atoms with Gasteiger partial charge in [-0.1, -0.05) is 17.3 Å². The summed E-state index contributed by atoms with van der Waals surface area (Å²) in [5.41, 5.74) is 8.71. The van der Waals surface area contributed by atoms with Crippen molar-refractivity contribution in [3.05, 3.63) is 29.3 Å². The van der Waals surface area contributed by atoms with Gasteiger partial charge in [-0.05, 0) is 23.6 Å². The standard InChI is InChI=1S/C11H15N3O2/c12-11(13-16)6-14-4-3-9-5-8(7-15)1-2-10(9)14/h1-2,5,15-16H,3-4,6-7H2,(H2,12,13). The molecule has 0 atom stereocenters. The first-order valence-corrected chi connectivity index (χ1v) is 5.18. The number of fused-ring (bicyclic) bond motifs is 1. The second-order valence-corrected chi connectivity index (χ2v) is 3.88. The molecule has 4 N–H and O–H groups in total. The summed E-state index contributed by atoms with van der Waals surface area (Å²) < 4.78 is 0. The molecule has 2 rings (SSSR count). The van der Waals surface area contributed by atoms with Crippen LogP contribution in [0.5, 0.6) is 0 Å². The van der Waals surface area contributed by atoms with Crippen molar-refractivity contribution in [2.75, 3.05) is 18.0 Å². The van der Waals surface area contributed by atoms with Crippen LogP contribution < -0.4 is 10.6 Å². The van der Waals surface area contributed by atoms with E-state index in [0.29, 0.717) is 6.54 Å². The third-order valence-electron chi connectivity index (χ3n) is 2.80. The van der Waals surface area contributed by atoms with Gasteiger partial charge in [-0.3, -0.25) is 0 Å². The van der Waals surface area contributed by atoms with Gasteiger partial charge in [0.25, 0.3) is 0 Å². The maximum absolute atomic E-state index is 9.03. The van der Waals surface area contributed by atoms with E-state index in [2.05, 4.69) is 10.1 Å². The third kappa shape index (κ3) is 1.94. The molecule has 0 spiro atoms. The Morgan fingerprint density at radius 2 is 2.31 bits per heavy atom. The zero-order valence-electron chi connectivity index (χ0n) is 8.93. The molecule has 0 bridgehead atoms. The zero-order valence-corrected chi connectivity index (χ0v) is 8.93. The fourth-order valence-electron chi connectivity index (χ4n) is 2.01. The van der Waals surface area contributed by atoms with E-state index in [9.17, 15) is 0 Å². The van der Waals surface area contributed by atoms with E-state index in [1.165, 1.54) is 5.56 Å². The van der Waals surface area contributed by atoms with E-state index in [1.807, 2.05) is 18.2 Å². The summed E-state index contributed by atoms with van der Waals surface area (Å²) in [6, 6.07) is 5.86. The molecule has 0 aliphatic carbocycles. The molecule has 1 aliphatic rings. The molecule has 86 valence electrons. The number of hydrogen-bond acceptors (Lipinski definition) is 4. The monoisotopic (exact) mass is 221 g/mol. The van der Waals surface area contributed by atoms with Crippen LogP contribution in [0.4, 0.5) is 5.69 Å². The highest BCUT2D eigenvalue weighted by Gasteiger charge is 2.19. The van der Waals surface area contributed by atoms with Crippen LogP contribution in [-0.4, -0.2) is 29.2 Å². The highest BCUT2D eigenvalue weighted by molar-refractivity contribution is 5.85. The number of benzene rings is 1. The van der Waals surface area contributed by atoms with Crippen molar-refractivity contribution in [3.8, 4) is 0 Å². The molecule has 5 nitrogen and oxygen atoms in total. The van der Waals surface area contributed by atoms with Crippen LogP contribution in [0, 0.1) is 0 Å². The van der Waals surface area contributed by atoms with Crippen LogP contribution in [-0.2, 0) is 13.0 Å². The molecule has 0 amide bonds. The molecule has 5 heteroatoms. The van der Waals surface area contributed by atoms with E-state index in [4.69, 9.17) is 16.0 Å². The van der Waals surface area contributed by atoms with Crippen molar-refractivity contribution < 1.29 is 10.3 Å². The number of aliphatic hydroxyl groups excluding tert-OH is 1. The van der Waals surface area contributed by atoms with Crippen LogP contribution in [0.3, 0.4) is 0 Å². The predicted molar refractivity (Wildman–Crippen MR) is 61.7 cm³/mol. The predicted octanol–water partition coefficient (Wildman–Crippen LogP) is 0.288. The lowest BCUT2D eigenvalue weighted by molar-refractivity contribution is 0.282. The van der Waals surface area contributed by atoms with E-state index in [1.54, 1.807) is 0 Å². The highest BCUT2D eigenvalue weighted by Crippen LogP contribution is 2.28. The Hall–Kier alpha value is -1.75. The van der Waals surface area contributed by atoms with Crippen molar-refractivity contribution in [2.45, 2.75) is 13.0 Å². The maximum Gasteiger partial charge on any atom is 0.158 e. The van der Waals surface area contributed by atoms with E-state index >= 15 is 0 Å². The van der Waals surface area contributed by atoms with Crippen molar-refractivity contribution >= 4 is 11.5 Å². The Balaban J connectivity index is 2.20. The lowest BCUT2D eigenvalue weighted by atomic mass is 10.1. The summed E-state index contributed by atoms with van der Waals surface area (Å²) in [4.78, 5) is 2.06. The molecule has 1 heterocycles. The second-order valence-electron chi connectivity index (χ2n) is 3.88. The quantitative estimate of drug-likeness (QED) is 0.296. The van der Waals surface area contributed by atoms with Gasteiger partial charge < -0.3 is 20.9 Å². The molecule has 0 saturated heterocycles. The number of amidine groups is 1. The Morgan fingerprint density at radius 1 is 1.50 bits per heavy atom. The molecule has 1 aromatic rings. The average molecular weight is 221 g/mol. The van der Waals surface area contributed by atoms with Crippen molar-refractivity contribution in [2.24, 2.45) is 10.9 Å². The summed E-state index contributed by atoms with van der Waals surface area (Å²) in [5, 5.41) is 20.5. The molecule has 0 radical (unpaired) electrons. The number of oxime groups is 1. The van der Waals surface area contributed by atoms with Gasteiger partial charge in [0.05, 0.1) is 13.2 Å². The summed E-state index contributed by atoms with van der Waals surface area (Å²) in [7, 11) is 0. The van der Waals surface area contributed by atoms with Crippen molar-refractivity contribution in [1.29, 1.82) is 0 Å². The van der Waals surface area contributed by atoms with Crippen LogP contribution in [0.2, 0.25) is 0 Å². The topological polar surface area (TPSA) is 82.1 Å². The Labute approximate surface area is 93.8 Å². The van der Waals surface area contributed by atoms with Gasteiger partial charge >= 0.3 is 0 Å². The molecule has 0 saturated carbocycles. The summed E-state index contributed by atoms with van der Waals surface area (Å²) in [6.45, 7) is 1.36. The van der Waals surface area contributed by atoms with Gasteiger partial charge in [-0.25, -0.2) is 0 Å². The highest BCUT2D eigenvalue weighted by atomic mass is 16.4. The number of nitrogens with two attached hydrogens (primary N) is 1. The first kappa shape index (κ1) is 10.8. The first-order valence-electron chi connectivity index (χ1n) is 5.18. The minimum Gasteiger partial charge on any atom is -0.409 e. The van der Waals surface area contributed by atoms with Gasteiger partial charge in [0, 0.05) is 12.2 Å². The van der Waals surface area contributed by atoms with Gasteiger partial charge in [0.1, 0.15) is 0 Å². The van der Waals surface area contributed by atoms with E-state index in [0.717, 1.165) is 24.2 Å². The molecule has 1 aliphatic heterocycles. The molecule has 16 heavy (non-hydrogen) atoms. The number of nitrogens with zero attached hydrogens (tertiary/aromatic N) is 2. The smallest absolute Gasteiger partial charge is 0.158 e. The molecule has 0 fully saturated rings. The van der Waals surface area contributed by atoms with Crippen LogP contribution in [0.1, 0.15) is 11.1 Å². The second kappa shape index (κ2) is 4.40. The van der Waals surface area contributed by atoms with E-state index in [-0.39, 0.29) is 12.4 Å². The van der Waals surface area contributed by atoms with Gasteiger partial charge in [-0.2, -0.15) is 0 Å². The summed E-state index contributed by atoms with van der Waals surface area (Å²) in [6.07, 6.45) is 0.932. The SMILES string of the molecule is NC(CN1CCc2cc(CO)ccc21)=NO. The lowest BCUT2D eigenvalue weighted by Gasteiger charge is -2.18. The van der Waals surface area contributed by atoms with Gasteiger partial charge in [-0.15, -0.1) is 0 Å². The van der Waals surface area contributed by atoms with Crippen molar-refractivity contribution in [3.63, 3.8) is 0 Å². The van der Waals surface area contributed by atoms with Crippen LogP contribution in [0.15, 0.2) is 23.4 Å². The molecule has 0 unspecified atom stereocenters. The van der Waals surface area contributed by atoms with Crippen LogP contribution in [0.25, 0.3) is 0 Å². The summed E-state index contributed by atoms with van der Waals surface area (Å²) >= 11 is 0. The third-order valence-corrected chi connectivity index (χ3v) is 2.80. The Kier molecular flexibility index (Phi) is 2.96. The number of anilines is 1. The zero-order chi connectivity index (χ0) is 11.5. The largest absolute Gasteiger partial charge is 0.409 e. The van der Waals surface area contributed by atoms with Gasteiger partial charge in [0.15, 0.2) is 5.84 Å². The maximum atomic E-state index is 9.03. The average Bonchev–Trinajstić information content (AvgIpc) is 2.71. The number of aliphatic hydroxyl groups is 1. The minimum atomic E-state index is 0.0630. The fraction of sp³-hybridized carbons (Fsp3) is 0.364. The number of hydrogen-bond donors (Lipinski definition) is 3. The first-order chi connectivity index (χ1) is 7.74. The fourth-order valence-corrected chi connectivity index (χ4v) is 2.01. The van der Waals surface area contributed by atoms with E-state index < -0.39 is 0 Å². The Bertz CT molecular complexity index is 418. The minimum absolute atomic E-state index is 0.0630.